The molecule has 0 aromatic heterocycles. The van der Waals surface area contributed by atoms with E-state index in [-0.39, 0.29) is 9.92 Å². The second-order valence-electron chi connectivity index (χ2n) is 5.54. The van der Waals surface area contributed by atoms with E-state index in [1.54, 1.807) is 18.2 Å². The zero-order valence-electron chi connectivity index (χ0n) is 14.6. The number of para-hydroxylation sites is 1. The van der Waals surface area contributed by atoms with Crippen LogP contribution in [0.2, 0.25) is 5.02 Å². The molecule has 0 saturated heterocycles. The second-order valence-corrected chi connectivity index (χ2v) is 8.75. The van der Waals surface area contributed by atoms with Gasteiger partial charge < -0.3 is 4.74 Å². The molecule has 0 radical (unpaired) electrons. The first-order valence-corrected chi connectivity index (χ1v) is 10.9. The molecule has 0 aliphatic rings. The van der Waals surface area contributed by atoms with Gasteiger partial charge in [0.1, 0.15) is 5.75 Å². The van der Waals surface area contributed by atoms with E-state index in [2.05, 4.69) is 4.72 Å². The Hall–Kier alpha value is -2.15. The van der Waals surface area contributed by atoms with Gasteiger partial charge in [0.25, 0.3) is 10.0 Å². The van der Waals surface area contributed by atoms with E-state index in [0.29, 0.717) is 18.0 Å². The highest BCUT2D eigenvalue weighted by molar-refractivity contribution is 7.99. The van der Waals surface area contributed by atoms with Crippen LogP contribution in [0.3, 0.4) is 0 Å². The van der Waals surface area contributed by atoms with Crippen LogP contribution in [-0.4, -0.2) is 15.0 Å². The summed E-state index contributed by atoms with van der Waals surface area (Å²) in [4.78, 5) is 1.91. The van der Waals surface area contributed by atoms with Crippen LogP contribution < -0.4 is 9.46 Å². The minimum atomic E-state index is -3.79. The van der Waals surface area contributed by atoms with Crippen molar-refractivity contribution in [3.05, 3.63) is 77.8 Å². The summed E-state index contributed by atoms with van der Waals surface area (Å²) in [6.07, 6.45) is 0. The van der Waals surface area contributed by atoms with Crippen LogP contribution in [0.5, 0.6) is 5.75 Å². The average Bonchev–Trinajstić information content (AvgIpc) is 2.66. The fourth-order valence-corrected chi connectivity index (χ4v) is 4.77. The number of benzene rings is 3. The van der Waals surface area contributed by atoms with Gasteiger partial charge in [-0.05, 0) is 49.4 Å². The number of halogens is 1. The van der Waals surface area contributed by atoms with Crippen molar-refractivity contribution in [3.63, 3.8) is 0 Å². The van der Waals surface area contributed by atoms with Gasteiger partial charge >= 0.3 is 0 Å². The van der Waals surface area contributed by atoms with Crippen molar-refractivity contribution in [3.8, 4) is 5.75 Å². The molecule has 27 heavy (non-hydrogen) atoms. The van der Waals surface area contributed by atoms with Crippen molar-refractivity contribution < 1.29 is 13.2 Å². The van der Waals surface area contributed by atoms with Gasteiger partial charge in [-0.1, -0.05) is 53.7 Å². The molecule has 0 heterocycles. The molecule has 4 nitrogen and oxygen atoms in total. The molecule has 3 aromatic rings. The summed E-state index contributed by atoms with van der Waals surface area (Å²) in [7, 11) is -3.79. The fourth-order valence-electron chi connectivity index (χ4n) is 2.38. The molecule has 3 rings (SSSR count). The van der Waals surface area contributed by atoms with Crippen LogP contribution >= 0.6 is 23.4 Å². The maximum Gasteiger partial charge on any atom is 0.261 e. The van der Waals surface area contributed by atoms with Gasteiger partial charge in [-0.25, -0.2) is 8.42 Å². The number of hydrogen-bond donors (Lipinski definition) is 1. The first-order valence-electron chi connectivity index (χ1n) is 8.26. The summed E-state index contributed by atoms with van der Waals surface area (Å²) in [5, 5.41) is 0.256. The molecule has 1 N–H and O–H groups in total. The summed E-state index contributed by atoms with van der Waals surface area (Å²) in [6.45, 7) is 2.29. The third kappa shape index (κ3) is 4.97. The monoisotopic (exact) mass is 419 g/mol. The molecule has 0 bridgehead atoms. The lowest BCUT2D eigenvalue weighted by atomic mass is 10.3. The molecule has 7 heteroatoms. The summed E-state index contributed by atoms with van der Waals surface area (Å²) in [5.74, 6) is 0.457. The van der Waals surface area contributed by atoms with E-state index in [9.17, 15) is 8.42 Å². The van der Waals surface area contributed by atoms with Crippen molar-refractivity contribution in [2.24, 2.45) is 0 Å². The van der Waals surface area contributed by atoms with Gasteiger partial charge in [-0.15, -0.1) is 0 Å². The van der Waals surface area contributed by atoms with Crippen molar-refractivity contribution >= 4 is 39.1 Å². The normalized spacial score (nSPS) is 11.2. The van der Waals surface area contributed by atoms with E-state index < -0.39 is 10.0 Å². The Balaban J connectivity index is 1.87. The Morgan fingerprint density at radius 2 is 1.70 bits per heavy atom. The van der Waals surface area contributed by atoms with Gasteiger partial charge in [-0.2, -0.15) is 0 Å². The lowest BCUT2D eigenvalue weighted by Gasteiger charge is -2.13. The zero-order valence-corrected chi connectivity index (χ0v) is 16.9. The van der Waals surface area contributed by atoms with E-state index in [0.717, 1.165) is 9.79 Å². The minimum Gasteiger partial charge on any atom is -0.492 e. The van der Waals surface area contributed by atoms with Crippen LogP contribution in [0, 0.1) is 0 Å². The number of ether oxygens (including phenoxy) is 1. The smallest absolute Gasteiger partial charge is 0.261 e. The maximum atomic E-state index is 12.8. The van der Waals surface area contributed by atoms with Crippen LogP contribution in [0.1, 0.15) is 6.92 Å². The van der Waals surface area contributed by atoms with Gasteiger partial charge in [0.05, 0.1) is 22.2 Å². The molecule has 0 spiro atoms. The fraction of sp³-hybridized carbons (Fsp3) is 0.100. The molecule has 140 valence electrons. The Morgan fingerprint density at radius 3 is 2.41 bits per heavy atom. The molecule has 0 saturated carbocycles. The molecular formula is C20H18ClNO3S2. The highest BCUT2D eigenvalue weighted by Crippen LogP contribution is 2.35. The lowest BCUT2D eigenvalue weighted by Crippen LogP contribution is -2.13. The summed E-state index contributed by atoms with van der Waals surface area (Å²) in [6, 6.07) is 21.5. The number of hydrogen-bond acceptors (Lipinski definition) is 4. The van der Waals surface area contributed by atoms with Gasteiger partial charge in [0, 0.05) is 9.79 Å². The van der Waals surface area contributed by atoms with E-state index in [1.165, 1.54) is 23.9 Å². The first kappa shape index (κ1) is 19.6. The Bertz CT molecular complexity index is 1020. The van der Waals surface area contributed by atoms with Crippen molar-refractivity contribution in [1.82, 2.24) is 0 Å². The van der Waals surface area contributed by atoms with Gasteiger partial charge in [0.15, 0.2) is 0 Å². The van der Waals surface area contributed by atoms with Crippen LogP contribution in [0.25, 0.3) is 0 Å². The quantitative estimate of drug-likeness (QED) is 0.534. The Morgan fingerprint density at radius 1 is 1.00 bits per heavy atom. The summed E-state index contributed by atoms with van der Waals surface area (Å²) in [5.41, 5.74) is 0.511. The highest BCUT2D eigenvalue weighted by atomic mass is 35.5. The van der Waals surface area contributed by atoms with Gasteiger partial charge in [0.2, 0.25) is 0 Å². The van der Waals surface area contributed by atoms with Gasteiger partial charge in [-0.3, -0.25) is 4.72 Å². The molecule has 0 fully saturated rings. The molecule has 0 amide bonds. The van der Waals surface area contributed by atoms with Crippen molar-refractivity contribution in [2.45, 2.75) is 21.6 Å². The largest absolute Gasteiger partial charge is 0.492 e. The minimum absolute atomic E-state index is 0.0791. The number of anilines is 1. The second kappa shape index (κ2) is 8.69. The molecule has 0 atom stereocenters. The SMILES string of the molecule is CCOc1ccc(S(=O)(=O)Nc2ccccc2Sc2ccccc2)cc1Cl. The lowest BCUT2D eigenvalue weighted by molar-refractivity contribution is 0.340. The topological polar surface area (TPSA) is 55.4 Å². The molecular weight excluding hydrogens is 402 g/mol. The third-order valence-corrected chi connectivity index (χ3v) is 6.36. The summed E-state index contributed by atoms with van der Waals surface area (Å²) >= 11 is 7.62. The molecule has 0 unspecified atom stereocenters. The van der Waals surface area contributed by atoms with Crippen LogP contribution in [0.4, 0.5) is 5.69 Å². The number of rotatable bonds is 7. The highest BCUT2D eigenvalue weighted by Gasteiger charge is 2.18. The number of sulfonamides is 1. The number of nitrogens with one attached hydrogen (secondary N) is 1. The van der Waals surface area contributed by atoms with Crippen molar-refractivity contribution in [2.75, 3.05) is 11.3 Å². The predicted molar refractivity (Wildman–Crippen MR) is 110 cm³/mol. The maximum absolute atomic E-state index is 12.8. The average molecular weight is 420 g/mol. The molecule has 0 aliphatic heterocycles. The Kier molecular flexibility index (Phi) is 6.31. The van der Waals surface area contributed by atoms with Crippen molar-refractivity contribution in [1.29, 1.82) is 0 Å². The third-order valence-electron chi connectivity index (χ3n) is 3.62. The van der Waals surface area contributed by atoms with E-state index >= 15 is 0 Å². The zero-order chi connectivity index (χ0) is 19.3. The summed E-state index contributed by atoms with van der Waals surface area (Å²) < 4.78 is 33.6. The molecule has 3 aromatic carbocycles. The van der Waals surface area contributed by atoms with Crippen LogP contribution in [-0.2, 0) is 10.0 Å². The molecule has 0 aliphatic carbocycles. The Labute approximate surface area is 168 Å². The first-order chi connectivity index (χ1) is 13.0. The predicted octanol–water partition coefficient (Wildman–Crippen LogP) is 5.69. The standard InChI is InChI=1S/C20H18ClNO3S2/c1-2-25-19-13-12-16(14-17(19)21)27(23,24)22-18-10-6-7-11-20(18)26-15-8-4-3-5-9-15/h3-14,22H,2H2,1H3. The van der Waals surface area contributed by atoms with E-state index in [1.807, 2.05) is 49.4 Å². The van der Waals surface area contributed by atoms with E-state index in [4.69, 9.17) is 16.3 Å². The van der Waals surface area contributed by atoms with Crippen LogP contribution in [0.15, 0.2) is 87.5 Å².